The molecule has 0 N–H and O–H groups in total. The van der Waals surface area contributed by atoms with E-state index in [-0.39, 0.29) is 5.91 Å². The number of nitrogens with zero attached hydrogens (tertiary/aromatic N) is 3. The van der Waals surface area contributed by atoms with Gasteiger partial charge in [0.1, 0.15) is 5.60 Å². The second-order valence-corrected chi connectivity index (χ2v) is 9.32. The fourth-order valence-corrected chi connectivity index (χ4v) is 4.68. The zero-order valence-electron chi connectivity index (χ0n) is 16.1. The molecule has 1 unspecified atom stereocenters. The first-order chi connectivity index (χ1) is 11.2. The van der Waals surface area contributed by atoms with Crippen molar-refractivity contribution in [3.8, 4) is 0 Å². The maximum Gasteiger partial charge on any atom is 0.345 e. The van der Waals surface area contributed by atoms with Gasteiger partial charge in [0.25, 0.3) is 5.91 Å². The maximum atomic E-state index is 13.2. The number of carbonyl (C=O) groups is 1. The van der Waals surface area contributed by atoms with Crippen LogP contribution >= 0.6 is 7.67 Å². The molecule has 8 heteroatoms. The average Bonchev–Trinajstić information content (AvgIpc) is 2.54. The highest BCUT2D eigenvalue weighted by atomic mass is 31.2. The quantitative estimate of drug-likeness (QED) is 0.463. The predicted octanol–water partition coefficient (Wildman–Crippen LogP) is 2.43. The van der Waals surface area contributed by atoms with Gasteiger partial charge in [0.15, 0.2) is 0 Å². The maximum absolute atomic E-state index is 13.2. The van der Waals surface area contributed by atoms with Crippen LogP contribution in [0.5, 0.6) is 0 Å². The normalized spacial score (nSPS) is 19.5. The smallest absolute Gasteiger partial charge is 0.345 e. The Bertz CT molecular complexity index is 449. The largest absolute Gasteiger partial charge is 0.366 e. The first kappa shape index (κ1) is 21.6. The third-order valence-electron chi connectivity index (χ3n) is 4.18. The number of amides is 1. The lowest BCUT2D eigenvalue weighted by Gasteiger charge is -2.42. The van der Waals surface area contributed by atoms with Crippen molar-refractivity contribution < 1.29 is 18.6 Å². The Morgan fingerprint density at radius 3 is 2.21 bits per heavy atom. The highest BCUT2D eigenvalue weighted by Crippen LogP contribution is 2.52. The van der Waals surface area contributed by atoms with Gasteiger partial charge in [-0.05, 0) is 41.3 Å². The average molecular weight is 363 g/mol. The van der Waals surface area contributed by atoms with Crippen LogP contribution in [0.4, 0.5) is 0 Å². The van der Waals surface area contributed by atoms with Crippen LogP contribution in [0.1, 0.15) is 40.5 Å². The Kier molecular flexibility index (Phi) is 8.36. The standard InChI is InChI=1S/C16H34N3O4P/c1-7-9-14-23-24(21,17(5)6)19-12-10-18(11-13-19)15(20)16(3,4)22-8-2/h7-14H2,1-6H3. The molecule has 1 atom stereocenters. The summed E-state index contributed by atoms with van der Waals surface area (Å²) >= 11 is 0. The van der Waals surface area contributed by atoms with E-state index in [9.17, 15) is 9.36 Å². The van der Waals surface area contributed by atoms with Crippen LogP contribution in [0.15, 0.2) is 0 Å². The molecule has 0 bridgehead atoms. The zero-order chi connectivity index (χ0) is 18.4. The van der Waals surface area contributed by atoms with Crippen LogP contribution in [0.3, 0.4) is 0 Å². The van der Waals surface area contributed by atoms with Gasteiger partial charge in [0, 0.05) is 32.8 Å². The fourth-order valence-electron chi connectivity index (χ4n) is 2.73. The molecule has 1 rings (SSSR count). The molecule has 1 aliphatic heterocycles. The molecule has 0 spiro atoms. The molecule has 1 amide bonds. The van der Waals surface area contributed by atoms with Crippen LogP contribution in [-0.4, -0.2) is 79.2 Å². The van der Waals surface area contributed by atoms with Crippen LogP contribution < -0.4 is 0 Å². The Hall–Kier alpha value is -0.460. The van der Waals surface area contributed by atoms with Crippen molar-refractivity contribution in [3.05, 3.63) is 0 Å². The number of ether oxygens (including phenoxy) is 1. The van der Waals surface area contributed by atoms with Gasteiger partial charge in [-0.1, -0.05) is 13.3 Å². The van der Waals surface area contributed by atoms with Crippen LogP contribution in [0, 0.1) is 0 Å². The topological polar surface area (TPSA) is 62.3 Å². The molecule has 1 heterocycles. The Labute approximate surface area is 146 Å². The summed E-state index contributed by atoms with van der Waals surface area (Å²) in [7, 11) is 0.551. The van der Waals surface area contributed by atoms with Gasteiger partial charge in [-0.25, -0.2) is 9.34 Å². The second-order valence-electron chi connectivity index (χ2n) is 6.71. The Morgan fingerprint density at radius 1 is 1.17 bits per heavy atom. The Morgan fingerprint density at radius 2 is 1.75 bits per heavy atom. The molecule has 0 aromatic heterocycles. The number of hydrogen-bond donors (Lipinski definition) is 0. The molecule has 1 fully saturated rings. The summed E-state index contributed by atoms with van der Waals surface area (Å²) in [6, 6.07) is 0. The summed E-state index contributed by atoms with van der Waals surface area (Å²) in [5, 5.41) is 0. The molecule has 0 saturated carbocycles. The van der Waals surface area contributed by atoms with Crippen molar-refractivity contribution in [2.45, 2.75) is 46.1 Å². The van der Waals surface area contributed by atoms with E-state index >= 15 is 0 Å². The number of rotatable bonds is 9. The molecular weight excluding hydrogens is 329 g/mol. The van der Waals surface area contributed by atoms with Crippen LogP contribution in [0.25, 0.3) is 0 Å². The van der Waals surface area contributed by atoms with Gasteiger partial charge in [0.2, 0.25) is 0 Å². The lowest BCUT2D eigenvalue weighted by Crippen LogP contribution is -2.54. The number of unbranched alkanes of at least 4 members (excludes halogenated alkanes) is 1. The zero-order valence-corrected chi connectivity index (χ0v) is 17.0. The van der Waals surface area contributed by atoms with Crippen LogP contribution in [0.2, 0.25) is 0 Å². The van der Waals surface area contributed by atoms with E-state index in [4.69, 9.17) is 9.26 Å². The summed E-state index contributed by atoms with van der Waals surface area (Å²) in [5.41, 5.74) is -0.820. The lowest BCUT2D eigenvalue weighted by atomic mass is 10.1. The minimum Gasteiger partial charge on any atom is -0.366 e. The SMILES string of the molecule is CCCCOP(=O)(N(C)C)N1CCN(C(=O)C(C)(C)OCC)CC1. The van der Waals surface area contributed by atoms with Crippen molar-refractivity contribution in [1.82, 2.24) is 14.2 Å². The van der Waals surface area contributed by atoms with Gasteiger partial charge in [0.05, 0.1) is 6.61 Å². The highest BCUT2D eigenvalue weighted by Gasteiger charge is 2.40. The van der Waals surface area contributed by atoms with E-state index in [1.807, 2.05) is 11.6 Å². The lowest BCUT2D eigenvalue weighted by molar-refractivity contribution is -0.155. The van der Waals surface area contributed by atoms with E-state index < -0.39 is 13.3 Å². The summed E-state index contributed by atoms with van der Waals surface area (Å²) in [6.45, 7) is 10.7. The highest BCUT2D eigenvalue weighted by molar-refractivity contribution is 7.53. The predicted molar refractivity (Wildman–Crippen MR) is 96.0 cm³/mol. The minimum absolute atomic E-state index is 0.0180. The fraction of sp³-hybridized carbons (Fsp3) is 0.938. The van der Waals surface area contributed by atoms with Crippen molar-refractivity contribution >= 4 is 13.6 Å². The Balaban J connectivity index is 2.68. The van der Waals surface area contributed by atoms with E-state index in [0.717, 1.165) is 12.8 Å². The van der Waals surface area contributed by atoms with E-state index in [0.29, 0.717) is 39.4 Å². The van der Waals surface area contributed by atoms with Gasteiger partial charge in [-0.15, -0.1) is 0 Å². The van der Waals surface area contributed by atoms with E-state index in [1.165, 1.54) is 0 Å². The number of hydrogen-bond acceptors (Lipinski definition) is 4. The van der Waals surface area contributed by atoms with Gasteiger partial charge in [-0.2, -0.15) is 0 Å². The molecule has 1 saturated heterocycles. The molecule has 0 aliphatic carbocycles. The first-order valence-corrected chi connectivity index (χ1v) is 10.3. The summed E-state index contributed by atoms with van der Waals surface area (Å²) < 4.78 is 28.1. The number of carbonyl (C=O) groups excluding carboxylic acids is 1. The molecule has 24 heavy (non-hydrogen) atoms. The molecule has 1 aliphatic rings. The van der Waals surface area contributed by atoms with Gasteiger partial charge in [-0.3, -0.25) is 9.36 Å². The summed E-state index contributed by atoms with van der Waals surface area (Å²) in [5.74, 6) is -0.0180. The summed E-state index contributed by atoms with van der Waals surface area (Å²) in [4.78, 5) is 14.4. The second kappa shape index (κ2) is 9.30. The monoisotopic (exact) mass is 363 g/mol. The van der Waals surface area contributed by atoms with Crippen molar-refractivity contribution in [3.63, 3.8) is 0 Å². The van der Waals surface area contributed by atoms with E-state index in [2.05, 4.69) is 6.92 Å². The third-order valence-corrected chi connectivity index (χ3v) is 6.83. The van der Waals surface area contributed by atoms with Gasteiger partial charge < -0.3 is 14.2 Å². The van der Waals surface area contributed by atoms with Crippen LogP contribution in [-0.2, 0) is 18.6 Å². The first-order valence-electron chi connectivity index (χ1n) is 8.80. The van der Waals surface area contributed by atoms with Crippen molar-refractivity contribution in [2.75, 3.05) is 53.5 Å². The van der Waals surface area contributed by atoms with Gasteiger partial charge >= 0.3 is 7.67 Å². The molecule has 7 nitrogen and oxygen atoms in total. The number of piperazine rings is 1. The van der Waals surface area contributed by atoms with Crippen molar-refractivity contribution in [2.24, 2.45) is 0 Å². The molecule has 0 aromatic carbocycles. The molecule has 0 aromatic rings. The summed E-state index contributed by atoms with van der Waals surface area (Å²) in [6.07, 6.45) is 1.89. The third kappa shape index (κ3) is 5.27. The minimum atomic E-state index is -3.01. The molecule has 0 radical (unpaired) electrons. The molecule has 142 valence electrons. The van der Waals surface area contributed by atoms with E-state index in [1.54, 1.807) is 37.5 Å². The molecular formula is C16H34N3O4P. The van der Waals surface area contributed by atoms with Crippen molar-refractivity contribution in [1.29, 1.82) is 0 Å².